The fraction of sp³-hybridized carbons (Fsp3) is 0.526. The molecular weight excluding hydrogens is 815 g/mol. The Morgan fingerprint density at radius 1 is 0.500 bits per heavy atom. The van der Waals surface area contributed by atoms with Crippen molar-refractivity contribution in [3.05, 3.63) is 70.3 Å². The number of hydrogen-bond donors (Lipinski definition) is 0. The van der Waals surface area contributed by atoms with Crippen molar-refractivity contribution in [1.29, 1.82) is 0 Å². The zero-order chi connectivity index (χ0) is 41.8. The predicted molar refractivity (Wildman–Crippen MR) is 218 cm³/mol. The molecule has 0 radical (unpaired) electrons. The van der Waals surface area contributed by atoms with Gasteiger partial charge in [-0.15, -0.1) is 47.0 Å². The quantitative estimate of drug-likeness (QED) is 0.0559. The number of rotatable bonds is 22. The van der Waals surface area contributed by atoms with Crippen LogP contribution in [0.25, 0.3) is 0 Å². The molecule has 0 saturated heterocycles. The van der Waals surface area contributed by atoms with Crippen molar-refractivity contribution in [3.63, 3.8) is 0 Å². The molecule has 0 aliphatic carbocycles. The molecule has 0 spiro atoms. The first-order chi connectivity index (χ1) is 26.1. The third-order valence-electron chi connectivity index (χ3n) is 8.06. The van der Waals surface area contributed by atoms with E-state index in [0.717, 1.165) is 48.1 Å². The van der Waals surface area contributed by atoms with Gasteiger partial charge in [0.05, 0.1) is 11.1 Å². The minimum Gasteiger partial charge on any atom is -0.309 e. The van der Waals surface area contributed by atoms with Crippen molar-refractivity contribution >= 4 is 58.6 Å². The molecule has 0 atom stereocenters. The van der Waals surface area contributed by atoms with Gasteiger partial charge in [0.2, 0.25) is 0 Å². The maximum absolute atomic E-state index is 14.4. The molecule has 3 aromatic rings. The molecule has 0 N–H and O–H groups in total. The van der Waals surface area contributed by atoms with Gasteiger partial charge in [-0.2, -0.15) is 26.3 Å². The average Bonchev–Trinajstić information content (AvgIpc) is 3.08. The molecule has 1 heterocycles. The summed E-state index contributed by atoms with van der Waals surface area (Å²) in [7, 11) is 14.9. The van der Waals surface area contributed by atoms with Crippen LogP contribution in [0.15, 0.2) is 56.2 Å². The molecule has 1 aromatic heterocycles. The van der Waals surface area contributed by atoms with Gasteiger partial charge in [0, 0.05) is 81.6 Å². The highest BCUT2D eigenvalue weighted by Crippen LogP contribution is 2.42. The van der Waals surface area contributed by atoms with Gasteiger partial charge in [-0.3, -0.25) is 9.59 Å². The molecule has 0 aliphatic heterocycles. The van der Waals surface area contributed by atoms with E-state index < -0.39 is 47.9 Å². The van der Waals surface area contributed by atoms with Crippen LogP contribution in [-0.2, 0) is 25.2 Å². The minimum absolute atomic E-state index is 0.0749. The lowest BCUT2D eigenvalue weighted by Gasteiger charge is -2.19. The van der Waals surface area contributed by atoms with Crippen molar-refractivity contribution in [2.75, 3.05) is 106 Å². The molecular formula is C38H50F6N6O2S4. The van der Waals surface area contributed by atoms with E-state index in [2.05, 4.69) is 9.97 Å². The third kappa shape index (κ3) is 15.8. The summed E-state index contributed by atoms with van der Waals surface area (Å²) in [6, 6.07) is 6.20. The largest absolute Gasteiger partial charge is 0.417 e. The van der Waals surface area contributed by atoms with E-state index in [9.17, 15) is 35.9 Å². The number of nitrogens with zero attached hydrogens (tertiary/aromatic N) is 6. The van der Waals surface area contributed by atoms with Crippen LogP contribution in [0.3, 0.4) is 0 Å². The monoisotopic (exact) mass is 864 g/mol. The smallest absolute Gasteiger partial charge is 0.309 e. The van der Waals surface area contributed by atoms with E-state index in [0.29, 0.717) is 59.0 Å². The lowest BCUT2D eigenvalue weighted by atomic mass is 10.0. The summed E-state index contributed by atoms with van der Waals surface area (Å²) in [5.74, 6) is 0.734. The Hall–Kier alpha value is -2.32. The number of carbonyl (C=O) groups excluding carboxylic acids is 2. The lowest BCUT2D eigenvalue weighted by Crippen LogP contribution is -2.17. The Labute approximate surface area is 343 Å². The van der Waals surface area contributed by atoms with Crippen LogP contribution in [0.4, 0.5) is 26.3 Å². The van der Waals surface area contributed by atoms with Gasteiger partial charge in [-0.05, 0) is 97.8 Å². The molecule has 56 heavy (non-hydrogen) atoms. The number of alkyl halides is 6. The Morgan fingerprint density at radius 2 is 0.804 bits per heavy atom. The topological polar surface area (TPSA) is 72.9 Å². The highest BCUT2D eigenvalue weighted by atomic mass is 32.2. The summed E-state index contributed by atoms with van der Waals surface area (Å²) >= 11 is 4.91. The van der Waals surface area contributed by atoms with Crippen LogP contribution < -0.4 is 0 Å². The van der Waals surface area contributed by atoms with Gasteiger partial charge in [-0.25, -0.2) is 9.97 Å². The Bertz CT molecular complexity index is 1650. The van der Waals surface area contributed by atoms with E-state index >= 15 is 0 Å². The van der Waals surface area contributed by atoms with Gasteiger partial charge < -0.3 is 19.6 Å². The first-order valence-corrected chi connectivity index (χ1v) is 21.6. The zero-order valence-corrected chi connectivity index (χ0v) is 36.2. The minimum atomic E-state index is -4.67. The number of halogens is 6. The summed E-state index contributed by atoms with van der Waals surface area (Å²) in [6.07, 6.45) is -9.17. The molecule has 0 fully saturated rings. The zero-order valence-electron chi connectivity index (χ0n) is 32.9. The van der Waals surface area contributed by atoms with Crippen LogP contribution >= 0.6 is 47.0 Å². The molecule has 8 nitrogen and oxygen atoms in total. The molecule has 3 rings (SSSR count). The van der Waals surface area contributed by atoms with Crippen molar-refractivity contribution in [3.8, 4) is 0 Å². The number of aromatic nitrogens is 2. The fourth-order valence-electron chi connectivity index (χ4n) is 4.98. The molecule has 0 amide bonds. The number of carbonyl (C=O) groups is 2. The first-order valence-electron chi connectivity index (χ1n) is 17.6. The van der Waals surface area contributed by atoms with Crippen LogP contribution in [0, 0.1) is 0 Å². The van der Waals surface area contributed by atoms with Crippen molar-refractivity contribution in [1.82, 2.24) is 29.6 Å². The maximum Gasteiger partial charge on any atom is 0.417 e. The van der Waals surface area contributed by atoms with Crippen LogP contribution in [0.1, 0.15) is 43.2 Å². The first kappa shape index (κ1) is 48.1. The Balaban J connectivity index is 1.97. The van der Waals surface area contributed by atoms with Gasteiger partial charge in [-0.1, -0.05) is 0 Å². The lowest BCUT2D eigenvalue weighted by molar-refractivity contribution is -0.140. The van der Waals surface area contributed by atoms with Crippen LogP contribution in [0.5, 0.6) is 0 Å². The standard InChI is InChI=1S/C38H50F6N6O2S4/c1-47(2)9-13-53-33-22-35(55-15-11-49(5)6)27(37(39,40)41)17-25(33)19-31(51)29-21-30(46-24-45-29)32(52)20-26-18-28(38(42,43)44)36(56-16-12-50(7)8)23-34(26)54-14-10-48(3)4/h17-18,21-24H,9-16,19-20H2,1-8H3. The summed E-state index contributed by atoms with van der Waals surface area (Å²) in [4.78, 5) is 44.3. The molecule has 310 valence electrons. The highest BCUT2D eigenvalue weighted by Gasteiger charge is 2.36. The van der Waals surface area contributed by atoms with E-state index in [1.807, 2.05) is 76.0 Å². The van der Waals surface area contributed by atoms with Gasteiger partial charge in [0.25, 0.3) is 0 Å². The van der Waals surface area contributed by atoms with Gasteiger partial charge >= 0.3 is 12.4 Å². The summed E-state index contributed by atoms with van der Waals surface area (Å²) < 4.78 is 86.2. The van der Waals surface area contributed by atoms with Crippen molar-refractivity contribution < 1.29 is 35.9 Å². The van der Waals surface area contributed by atoms with Crippen LogP contribution in [-0.4, -0.2) is 147 Å². The third-order valence-corrected chi connectivity index (χ3v) is 12.3. The second kappa shape index (κ2) is 22.2. The summed E-state index contributed by atoms with van der Waals surface area (Å²) in [6.45, 7) is 2.44. The van der Waals surface area contributed by atoms with E-state index in [4.69, 9.17) is 0 Å². The van der Waals surface area contributed by atoms with Gasteiger partial charge in [0.1, 0.15) is 17.7 Å². The normalized spacial score (nSPS) is 12.5. The molecule has 0 saturated carbocycles. The number of benzene rings is 2. The van der Waals surface area contributed by atoms with Crippen molar-refractivity contribution in [2.45, 2.75) is 44.8 Å². The van der Waals surface area contributed by atoms with E-state index in [-0.39, 0.29) is 32.3 Å². The van der Waals surface area contributed by atoms with E-state index in [1.165, 1.54) is 35.7 Å². The Morgan fingerprint density at radius 3 is 1.09 bits per heavy atom. The summed E-state index contributed by atoms with van der Waals surface area (Å²) in [5, 5.41) is 0. The average molecular weight is 865 g/mol. The summed E-state index contributed by atoms with van der Waals surface area (Å²) in [5.41, 5.74) is -1.68. The van der Waals surface area contributed by atoms with E-state index in [1.54, 1.807) is 0 Å². The highest BCUT2D eigenvalue weighted by molar-refractivity contribution is 8.00. The predicted octanol–water partition coefficient (Wildman–Crippen LogP) is 7.98. The number of ketones is 2. The molecule has 2 aromatic carbocycles. The number of Topliss-reactive ketones (excluding diaryl/α,β-unsaturated/α-hetero) is 2. The molecule has 0 unspecified atom stereocenters. The fourth-order valence-corrected chi connectivity index (χ4v) is 9.93. The molecule has 18 heteroatoms. The second-order valence-corrected chi connectivity index (χ2v) is 18.6. The second-order valence-electron chi connectivity index (χ2n) is 14.0. The van der Waals surface area contributed by atoms with Crippen molar-refractivity contribution in [2.24, 2.45) is 0 Å². The Kier molecular flexibility index (Phi) is 19.0. The van der Waals surface area contributed by atoms with Crippen LogP contribution in [0.2, 0.25) is 0 Å². The molecule has 0 aliphatic rings. The maximum atomic E-state index is 14.4. The van der Waals surface area contributed by atoms with Gasteiger partial charge in [0.15, 0.2) is 11.6 Å². The molecule has 0 bridgehead atoms. The number of thioether (sulfide) groups is 4. The SMILES string of the molecule is CN(C)CCSc1cc(SCCN(C)C)c(C(F)(F)F)cc1CC(=O)c1cc(C(=O)Cc2cc(C(F)(F)F)c(SCCN(C)C)cc2SCCN(C)C)ncn1. The number of hydrogen-bond acceptors (Lipinski definition) is 12.